The summed E-state index contributed by atoms with van der Waals surface area (Å²) in [5, 5.41) is 0. The van der Waals surface area contributed by atoms with Crippen LogP contribution in [0.1, 0.15) is 35.7 Å². The van der Waals surface area contributed by atoms with Crippen molar-refractivity contribution >= 4 is 26.8 Å². The van der Waals surface area contributed by atoms with Crippen LogP contribution in [-0.4, -0.2) is 82.9 Å². The number of amides is 1. The van der Waals surface area contributed by atoms with Crippen LogP contribution in [0.25, 0.3) is 22.3 Å². The van der Waals surface area contributed by atoms with E-state index in [4.69, 9.17) is 4.98 Å². The van der Waals surface area contributed by atoms with E-state index in [0.717, 1.165) is 19.6 Å². The lowest BCUT2D eigenvalue weighted by atomic mass is 10.1. The molecule has 0 bridgehead atoms. The largest absolute Gasteiger partial charge is 0.335 e. The lowest BCUT2D eigenvalue weighted by Crippen LogP contribution is -2.48. The second kappa shape index (κ2) is 8.74. The zero-order valence-corrected chi connectivity index (χ0v) is 20.2. The maximum Gasteiger partial charge on any atom is 0.274 e. The smallest absolute Gasteiger partial charge is 0.274 e. The number of pyridine rings is 1. The molecule has 180 valence electrons. The van der Waals surface area contributed by atoms with Crippen molar-refractivity contribution in [1.82, 2.24) is 24.3 Å². The first-order valence-corrected chi connectivity index (χ1v) is 13.5. The average Bonchev–Trinajstić information content (AvgIpc) is 3.35. The predicted octanol–water partition coefficient (Wildman–Crippen LogP) is 2.68. The van der Waals surface area contributed by atoms with Crippen molar-refractivity contribution in [2.75, 3.05) is 44.2 Å². The van der Waals surface area contributed by atoms with Crippen LogP contribution in [0.2, 0.25) is 0 Å². The van der Waals surface area contributed by atoms with E-state index in [1.807, 2.05) is 17.6 Å². The van der Waals surface area contributed by atoms with Gasteiger partial charge in [0.25, 0.3) is 5.91 Å². The monoisotopic (exact) mass is 485 g/mol. The van der Waals surface area contributed by atoms with Gasteiger partial charge in [-0.25, -0.2) is 22.8 Å². The van der Waals surface area contributed by atoms with Crippen molar-refractivity contribution in [3.8, 4) is 11.3 Å². The molecule has 3 aromatic rings. The van der Waals surface area contributed by atoms with Gasteiger partial charge in [0, 0.05) is 31.7 Å². The van der Waals surface area contributed by atoms with Crippen molar-refractivity contribution in [1.29, 1.82) is 0 Å². The average molecular weight is 486 g/mol. The Morgan fingerprint density at radius 3 is 2.44 bits per heavy atom. The zero-order valence-electron chi connectivity index (χ0n) is 19.4. The molecular weight excluding hydrogens is 457 g/mol. The van der Waals surface area contributed by atoms with Gasteiger partial charge in [-0.3, -0.25) is 4.79 Å². The highest BCUT2D eigenvalue weighted by Gasteiger charge is 2.33. The number of aromatic nitrogens is 3. The molecule has 1 atom stereocenters. The van der Waals surface area contributed by atoms with Crippen molar-refractivity contribution in [2.45, 2.75) is 26.3 Å². The van der Waals surface area contributed by atoms with Crippen LogP contribution in [0, 0.1) is 12.7 Å². The number of hydrogen-bond acceptors (Lipinski definition) is 6. The van der Waals surface area contributed by atoms with E-state index in [1.165, 1.54) is 12.1 Å². The highest BCUT2D eigenvalue weighted by molar-refractivity contribution is 7.91. The summed E-state index contributed by atoms with van der Waals surface area (Å²) in [7, 11) is -3.11. The van der Waals surface area contributed by atoms with Gasteiger partial charge in [-0.15, -0.1) is 0 Å². The Kier molecular flexibility index (Phi) is 5.89. The number of likely N-dealkylation sites (N-methyl/N-ethyl adjacent to an activating group) is 1. The standard InChI is InChI=1S/C24H28FN5O3S/c1-3-28-9-11-29(12-10-28)24(31)23-22-21(14-20(27-23)17-4-6-18(25)7-5-17)30(16(2)26-22)19-8-13-34(32,33)15-19/h4-7,14,19H,3,8-13,15H2,1-2H3/t19-/m1/s1. The highest BCUT2D eigenvalue weighted by Crippen LogP contribution is 2.33. The van der Waals surface area contributed by atoms with Crippen LogP contribution >= 0.6 is 0 Å². The molecule has 2 fully saturated rings. The summed E-state index contributed by atoms with van der Waals surface area (Å²) in [5.41, 5.74) is 2.63. The van der Waals surface area contributed by atoms with Crippen molar-refractivity contribution in [2.24, 2.45) is 0 Å². The van der Waals surface area contributed by atoms with Gasteiger partial charge in [0.2, 0.25) is 0 Å². The molecule has 0 aliphatic carbocycles. The Morgan fingerprint density at radius 1 is 1.12 bits per heavy atom. The minimum atomic E-state index is -3.11. The number of sulfone groups is 1. The summed E-state index contributed by atoms with van der Waals surface area (Å²) >= 11 is 0. The second-order valence-electron chi connectivity index (χ2n) is 9.04. The highest BCUT2D eigenvalue weighted by atomic mass is 32.2. The van der Waals surface area contributed by atoms with Gasteiger partial charge >= 0.3 is 0 Å². The summed E-state index contributed by atoms with van der Waals surface area (Å²) in [6, 6.07) is 7.57. The van der Waals surface area contributed by atoms with Crippen molar-refractivity contribution in [3.63, 3.8) is 0 Å². The third-order valence-electron chi connectivity index (χ3n) is 6.88. The summed E-state index contributed by atoms with van der Waals surface area (Å²) < 4.78 is 39.9. The molecule has 34 heavy (non-hydrogen) atoms. The van der Waals surface area contributed by atoms with E-state index < -0.39 is 9.84 Å². The molecule has 0 N–H and O–H groups in total. The van der Waals surface area contributed by atoms with E-state index >= 15 is 0 Å². The van der Waals surface area contributed by atoms with Gasteiger partial charge in [0.05, 0.1) is 28.8 Å². The molecule has 2 aliphatic rings. The molecule has 1 aromatic carbocycles. The molecule has 2 aromatic heterocycles. The second-order valence-corrected chi connectivity index (χ2v) is 11.3. The molecule has 10 heteroatoms. The molecule has 0 unspecified atom stereocenters. The number of piperazine rings is 1. The maximum absolute atomic E-state index is 13.6. The van der Waals surface area contributed by atoms with Crippen molar-refractivity contribution in [3.05, 3.63) is 47.7 Å². The van der Waals surface area contributed by atoms with Crippen LogP contribution in [0.5, 0.6) is 0 Å². The number of nitrogens with zero attached hydrogens (tertiary/aromatic N) is 5. The molecule has 0 radical (unpaired) electrons. The normalized spacial score (nSPS) is 20.8. The Balaban J connectivity index is 1.64. The lowest BCUT2D eigenvalue weighted by molar-refractivity contribution is 0.0639. The first-order chi connectivity index (χ1) is 16.3. The summed E-state index contributed by atoms with van der Waals surface area (Å²) in [6.07, 6.45) is 0.505. The molecule has 2 saturated heterocycles. The van der Waals surface area contributed by atoms with Gasteiger partial charge in [-0.05, 0) is 50.2 Å². The number of carbonyl (C=O) groups is 1. The Bertz CT molecular complexity index is 1350. The van der Waals surface area contributed by atoms with Gasteiger partial charge < -0.3 is 14.4 Å². The summed E-state index contributed by atoms with van der Waals surface area (Å²) in [5.74, 6) is 0.302. The molecule has 4 heterocycles. The van der Waals surface area contributed by atoms with E-state index in [9.17, 15) is 17.6 Å². The van der Waals surface area contributed by atoms with Crippen LogP contribution < -0.4 is 0 Å². The number of benzene rings is 1. The van der Waals surface area contributed by atoms with Gasteiger partial charge in [-0.1, -0.05) is 6.92 Å². The van der Waals surface area contributed by atoms with E-state index in [2.05, 4.69) is 16.8 Å². The van der Waals surface area contributed by atoms with Gasteiger partial charge in [0.1, 0.15) is 17.2 Å². The number of imidazole rings is 1. The SMILES string of the molecule is CCN1CCN(C(=O)c2nc(-c3ccc(F)cc3)cc3c2nc(C)n3[C@@H]2CCS(=O)(=O)C2)CC1. The molecular formula is C24H28FN5O3S. The number of hydrogen-bond donors (Lipinski definition) is 0. The fourth-order valence-corrected chi connectivity index (χ4v) is 6.68. The quantitative estimate of drug-likeness (QED) is 0.565. The van der Waals surface area contributed by atoms with Crippen LogP contribution in [0.4, 0.5) is 4.39 Å². The minimum absolute atomic E-state index is 0.0514. The number of rotatable bonds is 4. The van der Waals surface area contributed by atoms with Gasteiger partial charge in [-0.2, -0.15) is 0 Å². The Hall–Kier alpha value is -2.85. The molecule has 5 rings (SSSR count). The third-order valence-corrected chi connectivity index (χ3v) is 8.63. The van der Waals surface area contributed by atoms with E-state index in [-0.39, 0.29) is 35.0 Å². The Labute approximate surface area is 198 Å². The molecule has 8 nitrogen and oxygen atoms in total. The van der Waals surface area contributed by atoms with Crippen LogP contribution in [0.3, 0.4) is 0 Å². The summed E-state index contributed by atoms with van der Waals surface area (Å²) in [6.45, 7) is 7.70. The maximum atomic E-state index is 13.6. The van der Waals surface area contributed by atoms with Gasteiger partial charge in [0.15, 0.2) is 15.5 Å². The summed E-state index contributed by atoms with van der Waals surface area (Å²) in [4.78, 5) is 27.1. The molecule has 0 saturated carbocycles. The van der Waals surface area contributed by atoms with E-state index in [0.29, 0.717) is 47.6 Å². The topological polar surface area (TPSA) is 88.4 Å². The lowest BCUT2D eigenvalue weighted by Gasteiger charge is -2.33. The predicted molar refractivity (Wildman–Crippen MR) is 128 cm³/mol. The van der Waals surface area contributed by atoms with E-state index in [1.54, 1.807) is 17.0 Å². The number of halogens is 1. The molecule has 0 spiro atoms. The third kappa shape index (κ3) is 4.20. The van der Waals surface area contributed by atoms with Crippen LogP contribution in [-0.2, 0) is 9.84 Å². The number of aryl methyl sites for hydroxylation is 1. The fraction of sp³-hybridized carbons (Fsp3) is 0.458. The van der Waals surface area contributed by atoms with Crippen molar-refractivity contribution < 1.29 is 17.6 Å². The molecule has 1 amide bonds. The first kappa shape index (κ1) is 22.9. The fourth-order valence-electron chi connectivity index (χ4n) is 4.98. The minimum Gasteiger partial charge on any atom is -0.335 e. The number of carbonyl (C=O) groups excluding carboxylic acids is 1. The Morgan fingerprint density at radius 2 is 1.82 bits per heavy atom. The molecule has 2 aliphatic heterocycles. The zero-order chi connectivity index (χ0) is 24.0. The first-order valence-electron chi connectivity index (χ1n) is 11.6. The number of fused-ring (bicyclic) bond motifs is 1. The van der Waals surface area contributed by atoms with Crippen LogP contribution in [0.15, 0.2) is 30.3 Å².